The molecule has 1 atom stereocenters. The van der Waals surface area contributed by atoms with E-state index in [1.165, 1.54) is 34.9 Å². The Kier molecular flexibility index (Phi) is 6.23. The standard InChI is InChI=1S/C24H29FN4O4/c1-15-4-10-18(11-5-15)26-23(32)24(2)14-29-20(12-19(27-29)22(31)33-3)21(30)28(24)13-16-6-8-17(25)9-7-16/h6-9,12,15,18H,4-5,10-11,13-14H2,1-3H3,(H,26,32)/t15?,18?,24-/m1/s1. The van der Waals surface area contributed by atoms with Crippen LogP contribution in [0, 0.1) is 11.7 Å². The molecule has 8 nitrogen and oxygen atoms in total. The van der Waals surface area contributed by atoms with Crippen molar-refractivity contribution in [3.63, 3.8) is 0 Å². The van der Waals surface area contributed by atoms with E-state index >= 15 is 0 Å². The number of esters is 1. The first-order valence-corrected chi connectivity index (χ1v) is 11.2. The van der Waals surface area contributed by atoms with Gasteiger partial charge >= 0.3 is 5.97 Å². The highest BCUT2D eigenvalue weighted by molar-refractivity contribution is 6.01. The molecule has 1 aliphatic carbocycles. The molecule has 1 N–H and O–H groups in total. The molecule has 1 aliphatic heterocycles. The fraction of sp³-hybridized carbons (Fsp3) is 0.500. The first-order chi connectivity index (χ1) is 15.7. The van der Waals surface area contributed by atoms with Crippen LogP contribution >= 0.6 is 0 Å². The molecule has 9 heteroatoms. The van der Waals surface area contributed by atoms with Crippen molar-refractivity contribution >= 4 is 17.8 Å². The van der Waals surface area contributed by atoms with Crippen molar-refractivity contribution in [1.29, 1.82) is 0 Å². The Hall–Kier alpha value is -3.23. The zero-order valence-corrected chi connectivity index (χ0v) is 19.1. The van der Waals surface area contributed by atoms with E-state index in [1.54, 1.807) is 19.1 Å². The van der Waals surface area contributed by atoms with Gasteiger partial charge in [0.05, 0.1) is 13.7 Å². The Morgan fingerprint density at radius 1 is 1.21 bits per heavy atom. The minimum Gasteiger partial charge on any atom is -0.464 e. The molecule has 2 heterocycles. The Bertz CT molecular complexity index is 1060. The van der Waals surface area contributed by atoms with Crippen LogP contribution in [0.2, 0.25) is 0 Å². The number of benzene rings is 1. The van der Waals surface area contributed by atoms with Crippen molar-refractivity contribution in [1.82, 2.24) is 20.0 Å². The fourth-order valence-corrected chi connectivity index (χ4v) is 4.61. The van der Waals surface area contributed by atoms with Gasteiger partial charge < -0.3 is 15.0 Å². The third kappa shape index (κ3) is 4.49. The van der Waals surface area contributed by atoms with Gasteiger partial charge in [0.1, 0.15) is 17.1 Å². The van der Waals surface area contributed by atoms with Gasteiger partial charge in [-0.15, -0.1) is 0 Å². The second-order valence-electron chi connectivity index (χ2n) is 9.29. The number of nitrogens with zero attached hydrogens (tertiary/aromatic N) is 3. The van der Waals surface area contributed by atoms with Crippen molar-refractivity contribution in [2.75, 3.05) is 7.11 Å². The average molecular weight is 457 g/mol. The van der Waals surface area contributed by atoms with Crippen molar-refractivity contribution in [2.24, 2.45) is 5.92 Å². The Morgan fingerprint density at radius 2 is 1.88 bits per heavy atom. The topological polar surface area (TPSA) is 93.5 Å². The van der Waals surface area contributed by atoms with Gasteiger partial charge in [-0.3, -0.25) is 14.3 Å². The number of fused-ring (bicyclic) bond motifs is 1. The van der Waals surface area contributed by atoms with Gasteiger partial charge in [-0.05, 0) is 56.2 Å². The Morgan fingerprint density at radius 3 is 2.52 bits per heavy atom. The summed E-state index contributed by atoms with van der Waals surface area (Å²) in [6.45, 7) is 4.12. The highest BCUT2D eigenvalue weighted by atomic mass is 19.1. The molecule has 2 amide bonds. The van der Waals surface area contributed by atoms with Crippen molar-refractivity contribution in [2.45, 2.75) is 64.2 Å². The summed E-state index contributed by atoms with van der Waals surface area (Å²) >= 11 is 0. The number of halogens is 1. The first kappa shape index (κ1) is 22.9. The number of carbonyl (C=O) groups excluding carboxylic acids is 3. The molecule has 0 spiro atoms. The van der Waals surface area contributed by atoms with Crippen LogP contribution in [0.4, 0.5) is 4.39 Å². The third-order valence-electron chi connectivity index (χ3n) is 6.79. The quantitative estimate of drug-likeness (QED) is 0.699. The fourth-order valence-electron chi connectivity index (χ4n) is 4.61. The molecule has 0 bridgehead atoms. The molecule has 2 aromatic rings. The molecule has 1 fully saturated rings. The number of hydrogen-bond donors (Lipinski definition) is 1. The van der Waals surface area contributed by atoms with Gasteiger partial charge in [0.25, 0.3) is 5.91 Å². The summed E-state index contributed by atoms with van der Waals surface area (Å²) in [5.74, 6) is -1.08. The number of rotatable bonds is 5. The number of hydrogen-bond acceptors (Lipinski definition) is 5. The largest absolute Gasteiger partial charge is 0.464 e. The minimum absolute atomic E-state index is 0.00788. The summed E-state index contributed by atoms with van der Waals surface area (Å²) in [5, 5.41) is 7.37. The number of aromatic nitrogens is 2. The molecule has 0 unspecified atom stereocenters. The van der Waals surface area contributed by atoms with E-state index in [2.05, 4.69) is 17.3 Å². The summed E-state index contributed by atoms with van der Waals surface area (Å²) in [4.78, 5) is 40.6. The first-order valence-electron chi connectivity index (χ1n) is 11.2. The number of amides is 2. The molecule has 2 aliphatic rings. The summed E-state index contributed by atoms with van der Waals surface area (Å²) < 4.78 is 19.6. The maximum atomic E-state index is 13.6. The highest BCUT2D eigenvalue weighted by Gasteiger charge is 2.48. The summed E-state index contributed by atoms with van der Waals surface area (Å²) in [7, 11) is 1.24. The molecule has 1 saturated carbocycles. The van der Waals surface area contributed by atoms with E-state index in [4.69, 9.17) is 4.74 Å². The van der Waals surface area contributed by atoms with Gasteiger partial charge in [0.15, 0.2) is 5.69 Å². The molecular weight excluding hydrogens is 427 g/mol. The van der Waals surface area contributed by atoms with Crippen molar-refractivity contribution < 1.29 is 23.5 Å². The van der Waals surface area contributed by atoms with Crippen molar-refractivity contribution in [3.8, 4) is 0 Å². The van der Waals surface area contributed by atoms with E-state index < -0.39 is 17.4 Å². The van der Waals surface area contributed by atoms with Crippen LogP contribution in [0.3, 0.4) is 0 Å². The molecule has 1 aromatic carbocycles. The van der Waals surface area contributed by atoms with Crippen LogP contribution in [-0.2, 0) is 22.6 Å². The molecule has 1 aromatic heterocycles. The second-order valence-corrected chi connectivity index (χ2v) is 9.29. The number of methoxy groups -OCH3 is 1. The van der Waals surface area contributed by atoms with Crippen LogP contribution in [0.1, 0.15) is 66.1 Å². The van der Waals surface area contributed by atoms with Gasteiger partial charge in [0.2, 0.25) is 5.91 Å². The second kappa shape index (κ2) is 8.96. The number of nitrogens with one attached hydrogen (secondary N) is 1. The van der Waals surface area contributed by atoms with Gasteiger partial charge in [0, 0.05) is 18.7 Å². The van der Waals surface area contributed by atoms with Crippen LogP contribution in [-0.4, -0.2) is 51.2 Å². The number of ether oxygens (including phenoxy) is 1. The van der Waals surface area contributed by atoms with Gasteiger partial charge in [-0.1, -0.05) is 19.1 Å². The smallest absolute Gasteiger partial charge is 0.358 e. The van der Waals surface area contributed by atoms with E-state index in [0.29, 0.717) is 11.5 Å². The van der Waals surface area contributed by atoms with E-state index in [-0.39, 0.29) is 42.2 Å². The molecule has 4 rings (SSSR count). The Labute approximate surface area is 192 Å². The average Bonchev–Trinajstić information content (AvgIpc) is 3.22. The Balaban J connectivity index is 1.66. The predicted molar refractivity (Wildman–Crippen MR) is 118 cm³/mol. The molecule has 0 saturated heterocycles. The molecule has 176 valence electrons. The van der Waals surface area contributed by atoms with Crippen LogP contribution in [0.15, 0.2) is 30.3 Å². The van der Waals surface area contributed by atoms with Gasteiger partial charge in [-0.2, -0.15) is 5.10 Å². The zero-order chi connectivity index (χ0) is 23.8. The molecule has 0 radical (unpaired) electrons. The highest BCUT2D eigenvalue weighted by Crippen LogP contribution is 2.31. The molecular formula is C24H29FN4O4. The zero-order valence-electron chi connectivity index (χ0n) is 19.1. The SMILES string of the molecule is COC(=O)c1cc2n(n1)C[C@](C)(C(=O)NC1CCC(C)CC1)N(Cc1ccc(F)cc1)C2=O. The summed E-state index contributed by atoms with van der Waals surface area (Å²) in [6.07, 6.45) is 3.89. The van der Waals surface area contributed by atoms with E-state index in [9.17, 15) is 18.8 Å². The summed E-state index contributed by atoms with van der Waals surface area (Å²) in [5.41, 5.74) is -0.347. The van der Waals surface area contributed by atoms with Crippen LogP contribution < -0.4 is 5.32 Å². The lowest BCUT2D eigenvalue weighted by Gasteiger charge is -2.44. The maximum Gasteiger partial charge on any atom is 0.358 e. The van der Waals surface area contributed by atoms with Crippen LogP contribution in [0.25, 0.3) is 0 Å². The molecule has 33 heavy (non-hydrogen) atoms. The lowest BCUT2D eigenvalue weighted by Crippen LogP contribution is -2.64. The third-order valence-corrected chi connectivity index (χ3v) is 6.79. The lowest BCUT2D eigenvalue weighted by molar-refractivity contribution is -0.134. The van der Waals surface area contributed by atoms with E-state index in [0.717, 1.165) is 25.7 Å². The maximum absolute atomic E-state index is 13.6. The normalized spacial score (nSPS) is 24.8. The van der Waals surface area contributed by atoms with Crippen molar-refractivity contribution in [3.05, 3.63) is 53.1 Å². The van der Waals surface area contributed by atoms with E-state index in [1.807, 2.05) is 0 Å². The summed E-state index contributed by atoms with van der Waals surface area (Å²) in [6, 6.07) is 7.27. The minimum atomic E-state index is -1.25. The van der Waals surface area contributed by atoms with Gasteiger partial charge in [-0.25, -0.2) is 9.18 Å². The lowest BCUT2D eigenvalue weighted by atomic mass is 9.86. The van der Waals surface area contributed by atoms with Crippen LogP contribution in [0.5, 0.6) is 0 Å². The number of carbonyl (C=O) groups is 3. The monoisotopic (exact) mass is 456 g/mol. The predicted octanol–water partition coefficient (Wildman–Crippen LogP) is 2.92.